The molecule has 0 spiro atoms. The summed E-state index contributed by atoms with van der Waals surface area (Å²) >= 11 is 0. The number of nitrogens with one attached hydrogen (secondary N) is 1. The maximum absolute atomic E-state index is 11.9. The number of carbonyl (C=O) groups is 1. The zero-order valence-electron chi connectivity index (χ0n) is 12.3. The predicted molar refractivity (Wildman–Crippen MR) is 77.2 cm³/mol. The highest BCUT2D eigenvalue weighted by molar-refractivity contribution is 5.84. The highest BCUT2D eigenvalue weighted by Gasteiger charge is 2.19. The summed E-state index contributed by atoms with van der Waals surface area (Å²) in [5, 5.41) is 3.73. The van der Waals surface area contributed by atoms with Crippen molar-refractivity contribution in [1.29, 1.82) is 0 Å². The maximum Gasteiger partial charge on any atom is 0.258 e. The van der Waals surface area contributed by atoms with E-state index >= 15 is 0 Å². The van der Waals surface area contributed by atoms with E-state index in [0.29, 0.717) is 17.6 Å². The van der Waals surface area contributed by atoms with Crippen LogP contribution in [0.3, 0.4) is 0 Å². The molecule has 2 aromatic heterocycles. The Bertz CT molecular complexity index is 659. The minimum absolute atomic E-state index is 0.0354. The molecule has 2 aromatic rings. The number of aryl methyl sites for hydroxylation is 2. The van der Waals surface area contributed by atoms with Crippen molar-refractivity contribution >= 4 is 17.0 Å². The minimum Gasteiger partial charge on any atom is -0.467 e. The van der Waals surface area contributed by atoms with E-state index in [4.69, 9.17) is 9.15 Å². The standard InChI is InChI=1S/C15H19N3O3/c1-9-10(2)21-15-13(9)14(16-8-17-15)20-7-12(19)18-11-5-3-4-6-11/h8,11H,3-7H2,1-2H3,(H,18,19). The maximum atomic E-state index is 11.9. The van der Waals surface area contributed by atoms with Gasteiger partial charge in [-0.1, -0.05) is 12.8 Å². The van der Waals surface area contributed by atoms with Crippen molar-refractivity contribution in [1.82, 2.24) is 15.3 Å². The summed E-state index contributed by atoms with van der Waals surface area (Å²) in [5.41, 5.74) is 1.43. The van der Waals surface area contributed by atoms with Crippen molar-refractivity contribution in [3.05, 3.63) is 17.7 Å². The summed E-state index contributed by atoms with van der Waals surface area (Å²) in [6, 6.07) is 0.296. The van der Waals surface area contributed by atoms with Gasteiger partial charge in [0.2, 0.25) is 11.6 Å². The first-order valence-electron chi connectivity index (χ1n) is 7.28. The fourth-order valence-corrected chi connectivity index (χ4v) is 2.73. The monoisotopic (exact) mass is 289 g/mol. The molecule has 1 fully saturated rings. The van der Waals surface area contributed by atoms with E-state index in [2.05, 4.69) is 15.3 Å². The van der Waals surface area contributed by atoms with Crippen LogP contribution in [-0.4, -0.2) is 28.5 Å². The summed E-state index contributed by atoms with van der Waals surface area (Å²) in [5.74, 6) is 1.08. The van der Waals surface area contributed by atoms with Gasteiger partial charge in [0.15, 0.2) is 6.61 Å². The molecule has 0 bridgehead atoms. The number of hydrogen-bond acceptors (Lipinski definition) is 5. The summed E-state index contributed by atoms with van der Waals surface area (Å²) in [4.78, 5) is 20.1. The largest absolute Gasteiger partial charge is 0.467 e. The third-order valence-corrected chi connectivity index (χ3v) is 3.99. The molecule has 21 heavy (non-hydrogen) atoms. The predicted octanol–water partition coefficient (Wildman–Crippen LogP) is 2.28. The number of fused-ring (bicyclic) bond motifs is 1. The Morgan fingerprint density at radius 1 is 1.38 bits per heavy atom. The van der Waals surface area contributed by atoms with Gasteiger partial charge in [-0.3, -0.25) is 4.79 Å². The Kier molecular flexibility index (Phi) is 3.77. The summed E-state index contributed by atoms with van der Waals surface area (Å²) in [6.45, 7) is 3.76. The molecule has 0 aromatic carbocycles. The number of carbonyl (C=O) groups excluding carboxylic acids is 1. The van der Waals surface area contributed by atoms with Crippen LogP contribution in [0.4, 0.5) is 0 Å². The first kappa shape index (κ1) is 13.9. The normalized spacial score (nSPS) is 15.5. The molecule has 3 rings (SSSR count). The van der Waals surface area contributed by atoms with Gasteiger partial charge in [-0.2, -0.15) is 0 Å². The molecule has 1 saturated carbocycles. The number of hydrogen-bond donors (Lipinski definition) is 1. The lowest BCUT2D eigenvalue weighted by molar-refractivity contribution is -0.123. The Balaban J connectivity index is 1.68. The van der Waals surface area contributed by atoms with E-state index < -0.39 is 0 Å². The van der Waals surface area contributed by atoms with Crippen molar-refractivity contribution < 1.29 is 13.9 Å². The number of amides is 1. The van der Waals surface area contributed by atoms with Gasteiger partial charge in [0.1, 0.15) is 17.5 Å². The van der Waals surface area contributed by atoms with Gasteiger partial charge in [-0.15, -0.1) is 0 Å². The zero-order chi connectivity index (χ0) is 14.8. The highest BCUT2D eigenvalue weighted by Crippen LogP contribution is 2.29. The molecule has 1 amide bonds. The van der Waals surface area contributed by atoms with Gasteiger partial charge in [0.05, 0.1) is 0 Å². The van der Waals surface area contributed by atoms with Crippen LogP contribution >= 0.6 is 0 Å². The van der Waals surface area contributed by atoms with Crippen LogP contribution < -0.4 is 10.1 Å². The van der Waals surface area contributed by atoms with E-state index in [-0.39, 0.29) is 12.5 Å². The number of aromatic nitrogens is 2. The van der Waals surface area contributed by atoms with Crippen molar-refractivity contribution in [2.75, 3.05) is 6.61 Å². The lowest BCUT2D eigenvalue weighted by atomic mass is 10.2. The van der Waals surface area contributed by atoms with E-state index in [9.17, 15) is 4.79 Å². The average molecular weight is 289 g/mol. The van der Waals surface area contributed by atoms with Gasteiger partial charge in [-0.25, -0.2) is 9.97 Å². The first-order valence-corrected chi connectivity index (χ1v) is 7.28. The van der Waals surface area contributed by atoms with Crippen LogP contribution in [0.2, 0.25) is 0 Å². The van der Waals surface area contributed by atoms with Gasteiger partial charge < -0.3 is 14.5 Å². The first-order chi connectivity index (χ1) is 10.1. The summed E-state index contributed by atoms with van der Waals surface area (Å²) < 4.78 is 11.1. The Morgan fingerprint density at radius 3 is 2.90 bits per heavy atom. The molecular weight excluding hydrogens is 270 g/mol. The molecule has 1 N–H and O–H groups in total. The fourth-order valence-electron chi connectivity index (χ4n) is 2.73. The van der Waals surface area contributed by atoms with E-state index in [1.807, 2.05) is 13.8 Å². The van der Waals surface area contributed by atoms with Crippen molar-refractivity contribution in [3.63, 3.8) is 0 Å². The Hall–Kier alpha value is -2.11. The second-order valence-electron chi connectivity index (χ2n) is 5.48. The second kappa shape index (κ2) is 5.71. The van der Waals surface area contributed by atoms with Crippen LogP contribution in [0.5, 0.6) is 5.88 Å². The van der Waals surface area contributed by atoms with E-state index in [1.54, 1.807) is 0 Å². The molecular formula is C15H19N3O3. The molecule has 0 radical (unpaired) electrons. The molecule has 0 unspecified atom stereocenters. The molecule has 112 valence electrons. The molecule has 0 saturated heterocycles. The molecule has 1 aliphatic rings. The smallest absolute Gasteiger partial charge is 0.258 e. The average Bonchev–Trinajstić information content (AvgIpc) is 3.06. The van der Waals surface area contributed by atoms with E-state index in [1.165, 1.54) is 19.2 Å². The van der Waals surface area contributed by atoms with Crippen LogP contribution in [0, 0.1) is 13.8 Å². The third-order valence-electron chi connectivity index (χ3n) is 3.99. The van der Waals surface area contributed by atoms with Gasteiger partial charge in [0.25, 0.3) is 5.91 Å². The van der Waals surface area contributed by atoms with Crippen LogP contribution in [0.15, 0.2) is 10.7 Å². The van der Waals surface area contributed by atoms with Crippen LogP contribution in [0.25, 0.3) is 11.1 Å². The summed E-state index contributed by atoms with van der Waals surface area (Å²) in [6.07, 6.45) is 5.87. The molecule has 0 aliphatic heterocycles. The number of nitrogens with zero attached hydrogens (tertiary/aromatic N) is 2. The lowest BCUT2D eigenvalue weighted by Crippen LogP contribution is -2.36. The molecule has 0 atom stereocenters. The molecule has 1 aliphatic carbocycles. The van der Waals surface area contributed by atoms with Crippen molar-refractivity contribution in [2.24, 2.45) is 0 Å². The quantitative estimate of drug-likeness (QED) is 0.934. The van der Waals surface area contributed by atoms with Crippen molar-refractivity contribution in [2.45, 2.75) is 45.6 Å². The van der Waals surface area contributed by atoms with Gasteiger partial charge in [-0.05, 0) is 26.7 Å². The molecule has 6 nitrogen and oxygen atoms in total. The number of furan rings is 1. The molecule has 2 heterocycles. The molecule has 6 heteroatoms. The number of rotatable bonds is 4. The second-order valence-corrected chi connectivity index (χ2v) is 5.48. The number of ether oxygens (including phenoxy) is 1. The zero-order valence-corrected chi connectivity index (χ0v) is 12.3. The lowest BCUT2D eigenvalue weighted by Gasteiger charge is -2.12. The summed E-state index contributed by atoms with van der Waals surface area (Å²) in [7, 11) is 0. The Morgan fingerprint density at radius 2 is 2.14 bits per heavy atom. The fraction of sp³-hybridized carbons (Fsp3) is 0.533. The van der Waals surface area contributed by atoms with Crippen molar-refractivity contribution in [3.8, 4) is 5.88 Å². The third kappa shape index (κ3) is 2.84. The topological polar surface area (TPSA) is 77.2 Å². The highest BCUT2D eigenvalue weighted by atomic mass is 16.5. The van der Waals surface area contributed by atoms with Crippen LogP contribution in [0.1, 0.15) is 37.0 Å². The SMILES string of the molecule is Cc1oc2ncnc(OCC(=O)NC3CCCC3)c2c1C. The van der Waals surface area contributed by atoms with Gasteiger partial charge in [0, 0.05) is 11.6 Å². The minimum atomic E-state index is -0.105. The van der Waals surface area contributed by atoms with Crippen LogP contribution in [-0.2, 0) is 4.79 Å². The van der Waals surface area contributed by atoms with Gasteiger partial charge >= 0.3 is 0 Å². The Labute approximate surface area is 122 Å². The van der Waals surface area contributed by atoms with E-state index in [0.717, 1.165) is 29.6 Å².